The third-order valence-corrected chi connectivity index (χ3v) is 5.50. The Hall–Kier alpha value is -2.18. The third kappa shape index (κ3) is 4.14. The van der Waals surface area contributed by atoms with Crippen LogP contribution in [-0.4, -0.2) is 34.0 Å². The number of aromatic nitrogens is 2. The summed E-state index contributed by atoms with van der Waals surface area (Å²) in [5.41, 5.74) is 4.74. The van der Waals surface area contributed by atoms with Crippen molar-refractivity contribution in [3.05, 3.63) is 52.8 Å². The van der Waals surface area contributed by atoms with Crippen molar-refractivity contribution in [2.75, 3.05) is 13.1 Å². The highest BCUT2D eigenvalue weighted by Crippen LogP contribution is 2.23. The Morgan fingerprint density at radius 1 is 1.27 bits per heavy atom. The average molecular weight is 369 g/mol. The van der Waals surface area contributed by atoms with Crippen LogP contribution in [0.3, 0.4) is 0 Å². The molecule has 0 N–H and O–H groups in total. The van der Waals surface area contributed by atoms with Crippen LogP contribution in [0.15, 0.2) is 45.8 Å². The smallest absolute Gasteiger partial charge is 0.226 e. The summed E-state index contributed by atoms with van der Waals surface area (Å²) < 4.78 is 11.4. The van der Waals surface area contributed by atoms with Crippen molar-refractivity contribution in [1.29, 1.82) is 0 Å². The Morgan fingerprint density at radius 3 is 2.88 bits per heavy atom. The largest absolute Gasteiger partial charge is 0.487 e. The molecule has 6 heteroatoms. The Balaban J connectivity index is 1.33. The number of oxazole rings is 1. The summed E-state index contributed by atoms with van der Waals surface area (Å²) in [6, 6.07) is 8.54. The van der Waals surface area contributed by atoms with Gasteiger partial charge in [-0.25, -0.2) is 9.97 Å². The summed E-state index contributed by atoms with van der Waals surface area (Å²) in [6.45, 7) is 5.05. The molecule has 4 rings (SSSR count). The number of rotatable bonds is 7. The first-order chi connectivity index (χ1) is 12.8. The van der Waals surface area contributed by atoms with Gasteiger partial charge >= 0.3 is 0 Å². The fourth-order valence-electron chi connectivity index (χ4n) is 3.30. The van der Waals surface area contributed by atoms with Gasteiger partial charge in [0.2, 0.25) is 5.89 Å². The summed E-state index contributed by atoms with van der Waals surface area (Å²) >= 11 is 1.57. The molecule has 0 saturated carbocycles. The molecule has 136 valence electrons. The molecule has 3 aromatic rings. The molecule has 1 saturated heterocycles. The zero-order valence-corrected chi connectivity index (χ0v) is 15.7. The molecule has 0 bridgehead atoms. The van der Waals surface area contributed by atoms with Gasteiger partial charge in [0.15, 0.2) is 0 Å². The topological polar surface area (TPSA) is 51.4 Å². The number of hydrogen-bond acceptors (Lipinski definition) is 6. The maximum atomic E-state index is 5.74. The van der Waals surface area contributed by atoms with E-state index in [2.05, 4.69) is 21.8 Å². The summed E-state index contributed by atoms with van der Waals surface area (Å²) in [4.78, 5) is 11.4. The van der Waals surface area contributed by atoms with Crippen LogP contribution in [0.1, 0.15) is 31.2 Å². The van der Waals surface area contributed by atoms with Gasteiger partial charge in [0, 0.05) is 30.0 Å². The predicted molar refractivity (Wildman–Crippen MR) is 102 cm³/mol. The number of ether oxygens (including phenoxy) is 1. The summed E-state index contributed by atoms with van der Waals surface area (Å²) in [5.74, 6) is 1.48. The van der Waals surface area contributed by atoms with Crippen LogP contribution < -0.4 is 4.74 Å². The molecule has 2 aromatic heterocycles. The van der Waals surface area contributed by atoms with Crippen molar-refractivity contribution in [2.45, 2.75) is 38.8 Å². The number of thiazole rings is 1. The van der Waals surface area contributed by atoms with Crippen LogP contribution >= 0.6 is 11.3 Å². The average Bonchev–Trinajstić information content (AvgIpc) is 3.41. The van der Waals surface area contributed by atoms with Crippen LogP contribution in [0.2, 0.25) is 0 Å². The minimum absolute atomic E-state index is 0.487. The molecule has 0 amide bonds. The molecule has 26 heavy (non-hydrogen) atoms. The lowest BCUT2D eigenvalue weighted by Crippen LogP contribution is -2.29. The number of benzene rings is 1. The molecular weight excluding hydrogens is 346 g/mol. The molecule has 0 spiro atoms. The van der Waals surface area contributed by atoms with E-state index in [0.29, 0.717) is 18.5 Å². The second-order valence-corrected chi connectivity index (χ2v) is 7.43. The molecule has 0 aliphatic carbocycles. The van der Waals surface area contributed by atoms with Gasteiger partial charge in [0.25, 0.3) is 0 Å². The molecule has 3 heterocycles. The van der Waals surface area contributed by atoms with Gasteiger partial charge in [-0.2, -0.15) is 0 Å². The fourth-order valence-corrected chi connectivity index (χ4v) is 3.84. The molecule has 1 fully saturated rings. The Kier molecular flexibility index (Phi) is 5.32. The predicted octanol–water partition coefficient (Wildman–Crippen LogP) is 4.40. The maximum Gasteiger partial charge on any atom is 0.226 e. The van der Waals surface area contributed by atoms with Crippen LogP contribution in [0.4, 0.5) is 0 Å². The van der Waals surface area contributed by atoms with Crippen molar-refractivity contribution in [3.8, 4) is 17.2 Å². The zero-order chi connectivity index (χ0) is 17.8. The Bertz CT molecular complexity index is 814. The zero-order valence-electron chi connectivity index (χ0n) is 14.9. The molecular formula is C20H23N3O2S. The molecule has 0 radical (unpaired) electrons. The second kappa shape index (κ2) is 8.01. The van der Waals surface area contributed by atoms with Gasteiger partial charge < -0.3 is 14.1 Å². The maximum absolute atomic E-state index is 5.74. The highest BCUT2D eigenvalue weighted by molar-refractivity contribution is 7.07. The Labute approximate surface area is 157 Å². The van der Waals surface area contributed by atoms with E-state index in [-0.39, 0.29) is 0 Å². The monoisotopic (exact) mass is 369 g/mol. The van der Waals surface area contributed by atoms with E-state index in [1.807, 2.05) is 35.2 Å². The molecule has 1 unspecified atom stereocenters. The summed E-state index contributed by atoms with van der Waals surface area (Å²) in [7, 11) is 0. The fraction of sp³-hybridized carbons (Fsp3) is 0.400. The van der Waals surface area contributed by atoms with E-state index in [1.54, 1.807) is 17.6 Å². The van der Waals surface area contributed by atoms with Crippen LogP contribution in [0.25, 0.3) is 11.5 Å². The van der Waals surface area contributed by atoms with E-state index in [0.717, 1.165) is 35.7 Å². The molecule has 1 aliphatic heterocycles. The highest BCUT2D eigenvalue weighted by Gasteiger charge is 2.20. The standard InChI is InChI=1S/C20H23N3O2S/c1-15-3-2-9-23(15)10-8-17-11-25-20(22-17)16-4-6-19(7-5-16)24-12-18-13-26-14-21-18/h4-7,11,13-15H,2-3,8-10,12H2,1H3. The van der Waals surface area contributed by atoms with Gasteiger partial charge in [0.05, 0.1) is 16.9 Å². The summed E-state index contributed by atoms with van der Waals surface area (Å²) in [6.07, 6.45) is 5.33. The SMILES string of the molecule is CC1CCCN1CCc1coc(-c2ccc(OCc3cscn3)cc2)n1. The van der Waals surface area contributed by atoms with Crippen LogP contribution in [0.5, 0.6) is 5.75 Å². The lowest BCUT2D eigenvalue weighted by Gasteiger charge is -2.19. The van der Waals surface area contributed by atoms with Crippen molar-refractivity contribution >= 4 is 11.3 Å². The third-order valence-electron chi connectivity index (χ3n) is 4.87. The van der Waals surface area contributed by atoms with Gasteiger partial charge in [0.1, 0.15) is 18.6 Å². The van der Waals surface area contributed by atoms with E-state index < -0.39 is 0 Å². The Morgan fingerprint density at radius 2 is 2.15 bits per heavy atom. The minimum atomic E-state index is 0.487. The second-order valence-electron chi connectivity index (χ2n) is 6.71. The quantitative estimate of drug-likeness (QED) is 0.618. The molecule has 5 nitrogen and oxygen atoms in total. The normalized spacial score (nSPS) is 17.7. The first-order valence-corrected chi connectivity index (χ1v) is 10.0. The van der Waals surface area contributed by atoms with Gasteiger partial charge in [-0.3, -0.25) is 0 Å². The van der Waals surface area contributed by atoms with E-state index in [4.69, 9.17) is 9.15 Å². The number of nitrogens with zero attached hydrogens (tertiary/aromatic N) is 3. The first-order valence-electron chi connectivity index (χ1n) is 9.07. The van der Waals surface area contributed by atoms with Gasteiger partial charge in [-0.05, 0) is 50.6 Å². The molecule has 1 atom stereocenters. The number of hydrogen-bond donors (Lipinski definition) is 0. The minimum Gasteiger partial charge on any atom is -0.487 e. The van der Waals surface area contributed by atoms with Gasteiger partial charge in [-0.15, -0.1) is 11.3 Å². The van der Waals surface area contributed by atoms with Crippen LogP contribution in [-0.2, 0) is 13.0 Å². The van der Waals surface area contributed by atoms with Crippen molar-refractivity contribution in [3.63, 3.8) is 0 Å². The molecule has 1 aromatic carbocycles. The lowest BCUT2D eigenvalue weighted by atomic mass is 10.2. The van der Waals surface area contributed by atoms with Crippen molar-refractivity contribution in [1.82, 2.24) is 14.9 Å². The lowest BCUT2D eigenvalue weighted by molar-refractivity contribution is 0.271. The first kappa shape index (κ1) is 17.2. The van der Waals surface area contributed by atoms with E-state index in [1.165, 1.54) is 19.4 Å². The molecule has 1 aliphatic rings. The highest BCUT2D eigenvalue weighted by atomic mass is 32.1. The summed E-state index contributed by atoms with van der Waals surface area (Å²) in [5, 5.41) is 1.99. The van der Waals surface area contributed by atoms with Crippen molar-refractivity contribution in [2.24, 2.45) is 0 Å². The van der Waals surface area contributed by atoms with Crippen molar-refractivity contribution < 1.29 is 9.15 Å². The van der Waals surface area contributed by atoms with E-state index >= 15 is 0 Å². The van der Waals surface area contributed by atoms with E-state index in [9.17, 15) is 0 Å². The van der Waals surface area contributed by atoms with Crippen LogP contribution in [0, 0.1) is 0 Å². The van der Waals surface area contributed by atoms with Gasteiger partial charge in [-0.1, -0.05) is 0 Å². The number of likely N-dealkylation sites (tertiary alicyclic amines) is 1.